The van der Waals surface area contributed by atoms with Crippen molar-refractivity contribution in [3.05, 3.63) is 72.8 Å². The van der Waals surface area contributed by atoms with Crippen LogP contribution in [0.2, 0.25) is 0 Å². The molecule has 1 aromatic carbocycles. The summed E-state index contributed by atoms with van der Waals surface area (Å²) in [6.45, 7) is 8.33. The van der Waals surface area contributed by atoms with Crippen molar-refractivity contribution in [1.29, 1.82) is 5.26 Å². The predicted molar refractivity (Wildman–Crippen MR) is 125 cm³/mol. The lowest BCUT2D eigenvalue weighted by molar-refractivity contribution is -0.118. The lowest BCUT2D eigenvalue weighted by Crippen LogP contribution is -2.42. The van der Waals surface area contributed by atoms with Crippen molar-refractivity contribution >= 4 is 38.7 Å². The highest BCUT2D eigenvalue weighted by Crippen LogP contribution is 2.51. The van der Waals surface area contributed by atoms with Crippen LogP contribution in [-0.2, 0) is 4.79 Å². The molecule has 2 N–H and O–H groups in total. The second-order valence-electron chi connectivity index (χ2n) is 8.83. The van der Waals surface area contributed by atoms with E-state index in [1.807, 2.05) is 29.2 Å². The topological polar surface area (TPSA) is 70.1 Å². The zero-order valence-electron chi connectivity index (χ0n) is 17.5. The van der Waals surface area contributed by atoms with Crippen LogP contribution in [-0.4, -0.2) is 5.78 Å². The van der Waals surface area contributed by atoms with Crippen molar-refractivity contribution < 1.29 is 4.79 Å². The number of hydrogen-bond donors (Lipinski definition) is 1. The van der Waals surface area contributed by atoms with Gasteiger partial charge in [-0.25, -0.2) is 0 Å². The number of nitriles is 1. The Bertz CT molecular complexity index is 1150. The number of halogens is 1. The third-order valence-electron chi connectivity index (χ3n) is 5.86. The fourth-order valence-electron chi connectivity index (χ4n) is 4.64. The Kier molecular flexibility index (Phi) is 5.16. The number of anilines is 1. The second-order valence-corrected chi connectivity index (χ2v) is 11.2. The largest absolute Gasteiger partial charge is 0.384 e. The molecule has 0 saturated carbocycles. The number of rotatable bonds is 2. The summed E-state index contributed by atoms with van der Waals surface area (Å²) >= 11 is 5.17. The molecule has 0 amide bonds. The first-order valence-corrected chi connectivity index (χ1v) is 11.5. The zero-order chi connectivity index (χ0) is 21.8. The van der Waals surface area contributed by atoms with Crippen LogP contribution in [0.15, 0.2) is 57.5 Å². The van der Waals surface area contributed by atoms with Crippen molar-refractivity contribution in [3.63, 3.8) is 0 Å². The summed E-state index contributed by atoms with van der Waals surface area (Å²) in [5.74, 6) is 0.124. The van der Waals surface area contributed by atoms with Gasteiger partial charge in [-0.3, -0.25) is 9.69 Å². The van der Waals surface area contributed by atoms with Crippen LogP contribution in [0.3, 0.4) is 0 Å². The number of nitrogens with zero attached hydrogens (tertiary/aromatic N) is 2. The Morgan fingerprint density at radius 3 is 2.47 bits per heavy atom. The van der Waals surface area contributed by atoms with Crippen molar-refractivity contribution in [2.45, 2.75) is 46.5 Å². The number of thiophene rings is 1. The molecule has 2 heterocycles. The molecule has 1 aliphatic heterocycles. The molecule has 0 radical (unpaired) electrons. The lowest BCUT2D eigenvalue weighted by atomic mass is 9.68. The average molecular weight is 482 g/mol. The minimum Gasteiger partial charge on any atom is -0.384 e. The maximum atomic E-state index is 13.5. The Morgan fingerprint density at radius 2 is 1.90 bits per heavy atom. The Hall–Kier alpha value is -2.36. The highest BCUT2D eigenvalue weighted by atomic mass is 79.9. The van der Waals surface area contributed by atoms with Crippen molar-refractivity contribution in [2.24, 2.45) is 11.1 Å². The monoisotopic (exact) mass is 481 g/mol. The normalized spacial score (nSPS) is 21.0. The lowest BCUT2D eigenvalue weighted by Gasteiger charge is -2.43. The van der Waals surface area contributed by atoms with E-state index in [0.29, 0.717) is 17.8 Å². The Labute approximate surface area is 189 Å². The number of ketones is 1. The van der Waals surface area contributed by atoms with Gasteiger partial charge in [0.05, 0.1) is 17.6 Å². The van der Waals surface area contributed by atoms with E-state index in [2.05, 4.69) is 55.8 Å². The molecule has 1 aliphatic carbocycles. The van der Waals surface area contributed by atoms with E-state index >= 15 is 0 Å². The molecule has 1 atom stereocenters. The van der Waals surface area contributed by atoms with Crippen molar-refractivity contribution in [2.75, 3.05) is 4.90 Å². The summed E-state index contributed by atoms with van der Waals surface area (Å²) in [5, 5.41) is 10.1. The van der Waals surface area contributed by atoms with E-state index in [1.54, 1.807) is 11.3 Å². The van der Waals surface area contributed by atoms with Crippen molar-refractivity contribution in [1.82, 2.24) is 0 Å². The van der Waals surface area contributed by atoms with Gasteiger partial charge in [-0.05, 0) is 61.6 Å². The van der Waals surface area contributed by atoms with Crippen LogP contribution >= 0.6 is 27.3 Å². The SMILES string of the molecule is Cc1cc([C@H]2C(C#N)=C(N)N(c3ccc(Br)cc3)C3=C2C(=O)CC(C)(C)C3)c(C)s1. The molecule has 0 spiro atoms. The van der Waals surface area contributed by atoms with Gasteiger partial charge < -0.3 is 5.73 Å². The third kappa shape index (κ3) is 3.40. The van der Waals surface area contributed by atoms with Gasteiger partial charge in [0.15, 0.2) is 5.78 Å². The minimum atomic E-state index is -0.398. The summed E-state index contributed by atoms with van der Waals surface area (Å²) in [7, 11) is 0. The first kappa shape index (κ1) is 20.9. The average Bonchev–Trinajstić information content (AvgIpc) is 2.99. The summed E-state index contributed by atoms with van der Waals surface area (Å²) < 4.78 is 0.961. The predicted octanol–water partition coefficient (Wildman–Crippen LogP) is 6.07. The van der Waals surface area contributed by atoms with Gasteiger partial charge >= 0.3 is 0 Å². The second kappa shape index (κ2) is 7.40. The molecular weight excluding hydrogens is 458 g/mol. The molecule has 6 heteroatoms. The molecular formula is C24H24BrN3OS. The minimum absolute atomic E-state index is 0.108. The zero-order valence-corrected chi connectivity index (χ0v) is 19.9. The van der Waals surface area contributed by atoms with E-state index in [1.165, 1.54) is 4.88 Å². The molecule has 2 aliphatic rings. The highest BCUT2D eigenvalue weighted by molar-refractivity contribution is 9.10. The molecule has 1 aromatic heterocycles. The van der Waals surface area contributed by atoms with E-state index in [-0.39, 0.29) is 11.2 Å². The van der Waals surface area contributed by atoms with E-state index < -0.39 is 5.92 Å². The molecule has 4 nitrogen and oxygen atoms in total. The van der Waals surface area contributed by atoms with Gasteiger partial charge in [0.1, 0.15) is 5.82 Å². The first-order chi connectivity index (χ1) is 14.1. The van der Waals surface area contributed by atoms with Crippen LogP contribution in [0.1, 0.15) is 47.9 Å². The van der Waals surface area contributed by atoms with Crippen LogP contribution in [0.25, 0.3) is 0 Å². The van der Waals surface area contributed by atoms with Gasteiger partial charge in [-0.2, -0.15) is 5.26 Å². The van der Waals surface area contributed by atoms with Gasteiger partial charge in [0, 0.05) is 37.6 Å². The number of aryl methyl sites for hydroxylation is 2. The number of hydrogen-bond acceptors (Lipinski definition) is 5. The maximum absolute atomic E-state index is 13.5. The molecule has 4 rings (SSSR count). The number of Topliss-reactive ketones (excluding diaryl/α,β-unsaturated/α-hetero) is 1. The molecule has 0 bridgehead atoms. The fraction of sp³-hybridized carbons (Fsp3) is 0.333. The summed E-state index contributed by atoms with van der Waals surface area (Å²) in [6, 6.07) is 12.3. The molecule has 30 heavy (non-hydrogen) atoms. The molecule has 0 fully saturated rings. The van der Waals surface area contributed by atoms with Gasteiger partial charge in [-0.1, -0.05) is 29.8 Å². The summed E-state index contributed by atoms with van der Waals surface area (Å²) in [4.78, 5) is 17.7. The van der Waals surface area contributed by atoms with Crippen LogP contribution in [0, 0.1) is 30.6 Å². The first-order valence-electron chi connectivity index (χ1n) is 9.91. The number of carbonyl (C=O) groups excluding carboxylic acids is 1. The highest BCUT2D eigenvalue weighted by Gasteiger charge is 2.45. The van der Waals surface area contributed by atoms with E-state index in [0.717, 1.165) is 38.3 Å². The third-order valence-corrected chi connectivity index (χ3v) is 7.37. The quantitative estimate of drug-likeness (QED) is 0.564. The van der Waals surface area contributed by atoms with Crippen LogP contribution < -0.4 is 10.6 Å². The fourth-order valence-corrected chi connectivity index (χ4v) is 5.87. The molecule has 0 unspecified atom stereocenters. The number of carbonyl (C=O) groups is 1. The Morgan fingerprint density at radius 1 is 1.23 bits per heavy atom. The van der Waals surface area contributed by atoms with Gasteiger partial charge in [-0.15, -0.1) is 11.3 Å². The van der Waals surface area contributed by atoms with Crippen LogP contribution in [0.5, 0.6) is 0 Å². The Balaban J connectivity index is 2.01. The number of benzene rings is 1. The molecule has 0 saturated heterocycles. The maximum Gasteiger partial charge on any atom is 0.162 e. The van der Waals surface area contributed by atoms with E-state index in [9.17, 15) is 10.1 Å². The van der Waals surface area contributed by atoms with E-state index in [4.69, 9.17) is 5.73 Å². The van der Waals surface area contributed by atoms with Gasteiger partial charge in [0.2, 0.25) is 0 Å². The summed E-state index contributed by atoms with van der Waals surface area (Å²) in [5.41, 5.74) is 10.5. The number of nitrogens with two attached hydrogens (primary N) is 1. The van der Waals surface area contributed by atoms with Gasteiger partial charge in [0.25, 0.3) is 0 Å². The molecule has 154 valence electrons. The van der Waals surface area contributed by atoms with Crippen LogP contribution in [0.4, 0.5) is 5.69 Å². The smallest absolute Gasteiger partial charge is 0.162 e. The van der Waals surface area contributed by atoms with Crippen molar-refractivity contribution in [3.8, 4) is 6.07 Å². The summed E-state index contributed by atoms with van der Waals surface area (Å²) in [6.07, 6.45) is 1.19. The molecule has 2 aromatic rings. The standard InChI is InChI=1S/C24H24BrN3OS/c1-13-9-17(14(2)30-13)21-18(12-26)23(27)28(16-7-5-15(25)6-8-16)19-10-24(3,4)11-20(29)22(19)21/h5-9,21H,10-11,27H2,1-4H3/t21-/m0/s1. The number of allylic oxidation sites excluding steroid dienone is 3.